The summed E-state index contributed by atoms with van der Waals surface area (Å²) in [6.45, 7) is 2.47. The minimum absolute atomic E-state index is 0.00954. The molecule has 0 saturated carbocycles. The molecule has 1 fully saturated rings. The molecule has 1 N–H and O–H groups in total. The number of benzene rings is 2. The Balaban J connectivity index is 1.22. The van der Waals surface area contributed by atoms with Gasteiger partial charge in [-0.1, -0.05) is 11.8 Å². The van der Waals surface area contributed by atoms with Crippen molar-refractivity contribution < 1.29 is 18.7 Å². The number of halogens is 1. The number of carbonyl (C=O) groups excluding carboxylic acids is 2. The third-order valence-corrected chi connectivity index (χ3v) is 6.21. The van der Waals surface area contributed by atoms with Crippen molar-refractivity contribution in [1.29, 1.82) is 0 Å². The predicted molar refractivity (Wildman–Crippen MR) is 124 cm³/mol. The second-order valence-corrected chi connectivity index (χ2v) is 8.51. The Morgan fingerprint density at radius 2 is 1.76 bits per heavy atom. The Morgan fingerprint density at radius 1 is 1.06 bits per heavy atom. The minimum atomic E-state index is -0.353. The van der Waals surface area contributed by atoms with Crippen LogP contribution in [0, 0.1) is 5.82 Å². The van der Waals surface area contributed by atoms with Crippen molar-refractivity contribution in [3.8, 4) is 11.4 Å². The molecule has 2 aromatic carbocycles. The number of ether oxygens (including phenoxy) is 1. The van der Waals surface area contributed by atoms with Crippen LogP contribution in [0.15, 0.2) is 53.7 Å². The maximum Gasteiger partial charge on any atom is 0.238 e. The van der Waals surface area contributed by atoms with Crippen LogP contribution < -0.4 is 10.1 Å². The lowest BCUT2D eigenvalue weighted by molar-refractivity contribution is -0.130. The van der Waals surface area contributed by atoms with Gasteiger partial charge in [-0.05, 0) is 59.0 Å². The van der Waals surface area contributed by atoms with E-state index in [0.717, 1.165) is 11.4 Å². The van der Waals surface area contributed by atoms with Crippen LogP contribution in [0.2, 0.25) is 0 Å². The van der Waals surface area contributed by atoms with Gasteiger partial charge in [-0.2, -0.15) is 4.68 Å². The fourth-order valence-corrected chi connectivity index (χ4v) is 4.26. The number of thioether (sulfide) groups is 1. The van der Waals surface area contributed by atoms with Crippen LogP contribution in [-0.2, 0) is 9.59 Å². The average Bonchev–Trinajstić information content (AvgIpc) is 3.33. The molecule has 1 saturated heterocycles. The first kappa shape index (κ1) is 23.6. The van der Waals surface area contributed by atoms with E-state index in [9.17, 15) is 14.0 Å². The van der Waals surface area contributed by atoms with Crippen molar-refractivity contribution in [3.63, 3.8) is 0 Å². The molecular formula is C22H24FN7O3S. The van der Waals surface area contributed by atoms with Gasteiger partial charge in [0.1, 0.15) is 11.6 Å². The van der Waals surface area contributed by atoms with Crippen molar-refractivity contribution in [1.82, 2.24) is 30.0 Å². The fourth-order valence-electron chi connectivity index (χ4n) is 3.46. The summed E-state index contributed by atoms with van der Waals surface area (Å²) >= 11 is 1.27. The normalized spacial score (nSPS) is 14.1. The molecule has 0 aliphatic carbocycles. The molecule has 2 heterocycles. The second-order valence-electron chi connectivity index (χ2n) is 7.57. The monoisotopic (exact) mass is 485 g/mol. The van der Waals surface area contributed by atoms with Crippen LogP contribution >= 0.6 is 11.8 Å². The highest BCUT2D eigenvalue weighted by atomic mass is 32.2. The summed E-state index contributed by atoms with van der Waals surface area (Å²) < 4.78 is 19.7. The molecule has 4 rings (SSSR count). The molecule has 0 unspecified atom stereocenters. The SMILES string of the molecule is COc1ccc(-n2nnnc2SCC(=O)N2CCN(CC(=O)Nc3ccc(F)cc3)CC2)cc1. The number of hydrogen-bond donors (Lipinski definition) is 1. The van der Waals surface area contributed by atoms with Crippen molar-refractivity contribution in [3.05, 3.63) is 54.3 Å². The second kappa shape index (κ2) is 11.1. The molecule has 10 nitrogen and oxygen atoms in total. The van der Waals surface area contributed by atoms with Gasteiger partial charge >= 0.3 is 0 Å². The van der Waals surface area contributed by atoms with Crippen molar-refractivity contribution in [2.75, 3.05) is 50.9 Å². The van der Waals surface area contributed by atoms with Gasteiger partial charge in [0.05, 0.1) is 25.1 Å². The van der Waals surface area contributed by atoms with Gasteiger partial charge in [0, 0.05) is 31.9 Å². The van der Waals surface area contributed by atoms with Gasteiger partial charge in [-0.25, -0.2) is 4.39 Å². The summed E-state index contributed by atoms with van der Waals surface area (Å²) in [4.78, 5) is 28.7. The smallest absolute Gasteiger partial charge is 0.238 e. The molecule has 34 heavy (non-hydrogen) atoms. The number of tetrazole rings is 1. The predicted octanol–water partition coefficient (Wildman–Crippen LogP) is 1.68. The van der Waals surface area contributed by atoms with Crippen molar-refractivity contribution >= 4 is 29.3 Å². The summed E-state index contributed by atoms with van der Waals surface area (Å²) in [5.41, 5.74) is 1.32. The zero-order valence-electron chi connectivity index (χ0n) is 18.6. The van der Waals surface area contributed by atoms with E-state index >= 15 is 0 Å². The van der Waals surface area contributed by atoms with E-state index in [1.54, 1.807) is 16.7 Å². The Kier molecular flexibility index (Phi) is 7.70. The lowest BCUT2D eigenvalue weighted by Crippen LogP contribution is -2.50. The Labute approximate surface area is 200 Å². The highest BCUT2D eigenvalue weighted by Crippen LogP contribution is 2.21. The molecular weight excluding hydrogens is 461 g/mol. The molecule has 1 aliphatic heterocycles. The molecule has 12 heteroatoms. The van der Waals surface area contributed by atoms with Crippen LogP contribution in [-0.4, -0.2) is 87.4 Å². The highest BCUT2D eigenvalue weighted by molar-refractivity contribution is 7.99. The molecule has 0 bridgehead atoms. The van der Waals surface area contributed by atoms with Gasteiger partial charge in [0.25, 0.3) is 0 Å². The molecule has 2 amide bonds. The molecule has 0 atom stereocenters. The van der Waals surface area contributed by atoms with Crippen molar-refractivity contribution in [2.45, 2.75) is 5.16 Å². The number of nitrogens with zero attached hydrogens (tertiary/aromatic N) is 6. The van der Waals surface area contributed by atoms with Gasteiger partial charge in [-0.3, -0.25) is 14.5 Å². The van der Waals surface area contributed by atoms with E-state index in [2.05, 4.69) is 20.8 Å². The quantitative estimate of drug-likeness (QED) is 0.481. The van der Waals surface area contributed by atoms with Crippen LogP contribution in [0.25, 0.3) is 5.69 Å². The average molecular weight is 486 g/mol. The third-order valence-electron chi connectivity index (χ3n) is 5.30. The zero-order chi connectivity index (χ0) is 23.9. The Morgan fingerprint density at radius 3 is 2.44 bits per heavy atom. The summed E-state index contributed by atoms with van der Waals surface area (Å²) in [6.07, 6.45) is 0. The maximum absolute atomic E-state index is 13.0. The summed E-state index contributed by atoms with van der Waals surface area (Å²) in [5, 5.41) is 15.0. The first-order chi connectivity index (χ1) is 16.5. The Hall–Kier alpha value is -3.51. The molecule has 1 aliphatic rings. The molecule has 0 spiro atoms. The largest absolute Gasteiger partial charge is 0.497 e. The topological polar surface area (TPSA) is 105 Å². The van der Waals surface area contributed by atoms with Crippen LogP contribution in [0.4, 0.5) is 10.1 Å². The molecule has 3 aromatic rings. The number of hydrogen-bond acceptors (Lipinski definition) is 8. The highest BCUT2D eigenvalue weighted by Gasteiger charge is 2.23. The first-order valence-corrected chi connectivity index (χ1v) is 11.6. The minimum Gasteiger partial charge on any atom is -0.497 e. The standard InChI is InChI=1S/C22H24FN7O3S/c1-33-19-8-6-18(7-9-19)30-22(25-26-27-30)34-15-21(32)29-12-10-28(11-13-29)14-20(31)24-17-4-2-16(23)3-5-17/h2-9H,10-15H2,1H3,(H,24,31). The van der Waals surface area contributed by atoms with Gasteiger partial charge in [0.2, 0.25) is 17.0 Å². The zero-order valence-corrected chi connectivity index (χ0v) is 19.4. The van der Waals surface area contributed by atoms with Crippen LogP contribution in [0.5, 0.6) is 5.75 Å². The first-order valence-electron chi connectivity index (χ1n) is 10.6. The summed E-state index contributed by atoms with van der Waals surface area (Å²) in [6, 6.07) is 12.9. The van der Waals surface area contributed by atoms with Gasteiger partial charge < -0.3 is 15.0 Å². The van der Waals surface area contributed by atoms with Gasteiger partial charge in [0.15, 0.2) is 0 Å². The number of anilines is 1. The number of amides is 2. The van der Waals surface area contributed by atoms with E-state index in [1.165, 1.54) is 36.0 Å². The fraction of sp³-hybridized carbons (Fsp3) is 0.318. The van der Waals surface area contributed by atoms with Gasteiger partial charge in [-0.15, -0.1) is 5.10 Å². The molecule has 0 radical (unpaired) electrons. The van der Waals surface area contributed by atoms with Crippen LogP contribution in [0.3, 0.4) is 0 Å². The maximum atomic E-state index is 13.0. The number of methoxy groups -OCH3 is 1. The molecule has 178 valence electrons. The van der Waals surface area contributed by atoms with E-state index < -0.39 is 0 Å². The Bertz CT molecular complexity index is 1120. The lowest BCUT2D eigenvalue weighted by Gasteiger charge is -2.34. The summed E-state index contributed by atoms with van der Waals surface area (Å²) in [5.74, 6) is 0.404. The number of rotatable bonds is 8. The van der Waals surface area contributed by atoms with E-state index in [4.69, 9.17) is 4.74 Å². The third kappa shape index (κ3) is 6.08. The van der Waals surface area contributed by atoms with E-state index in [0.29, 0.717) is 37.0 Å². The summed E-state index contributed by atoms with van der Waals surface area (Å²) in [7, 11) is 1.60. The number of piperazine rings is 1. The lowest BCUT2D eigenvalue weighted by atomic mass is 10.3. The number of aromatic nitrogens is 4. The van der Waals surface area contributed by atoms with E-state index in [1.807, 2.05) is 29.2 Å². The van der Waals surface area contributed by atoms with Crippen LogP contribution in [0.1, 0.15) is 0 Å². The molecule has 1 aromatic heterocycles. The van der Waals surface area contributed by atoms with E-state index in [-0.39, 0.29) is 29.9 Å². The van der Waals surface area contributed by atoms with Crippen molar-refractivity contribution in [2.24, 2.45) is 0 Å². The number of carbonyl (C=O) groups is 2. The number of nitrogens with one attached hydrogen (secondary N) is 1.